The van der Waals surface area contributed by atoms with Crippen LogP contribution in [0.1, 0.15) is 27.9 Å². The van der Waals surface area contributed by atoms with Crippen molar-refractivity contribution in [2.45, 2.75) is 13.0 Å². The van der Waals surface area contributed by atoms with E-state index in [1.165, 1.54) is 6.07 Å². The summed E-state index contributed by atoms with van der Waals surface area (Å²) in [7, 11) is 0. The molecule has 0 heterocycles. The van der Waals surface area contributed by atoms with Crippen LogP contribution in [0.25, 0.3) is 0 Å². The Morgan fingerprint density at radius 2 is 1.95 bits per heavy atom. The lowest BCUT2D eigenvalue weighted by molar-refractivity contribution is 0.112. The number of ether oxygens (including phenoxy) is 1. The molecule has 0 aliphatic heterocycles. The highest BCUT2D eigenvalue weighted by Crippen LogP contribution is 2.25. The predicted octanol–water partition coefficient (Wildman–Crippen LogP) is 4.15. The molecular formula is C15H11F3O2. The molecule has 0 atom stereocenters. The summed E-state index contributed by atoms with van der Waals surface area (Å²) < 4.78 is 43.5. The minimum absolute atomic E-state index is 0.0482. The first-order chi connectivity index (χ1) is 9.60. The molecule has 0 bridgehead atoms. The molecule has 0 aliphatic carbocycles. The molecule has 0 fully saturated rings. The molecule has 2 rings (SSSR count). The zero-order valence-corrected chi connectivity index (χ0v) is 10.4. The molecule has 0 unspecified atom stereocenters. The maximum absolute atomic E-state index is 13.5. The molecule has 0 N–H and O–H groups in total. The summed E-state index contributed by atoms with van der Waals surface area (Å²) in [5.41, 5.74) is 0.782. The molecule has 2 aromatic carbocycles. The van der Waals surface area contributed by atoms with Crippen LogP contribution >= 0.6 is 0 Å². The van der Waals surface area contributed by atoms with Gasteiger partial charge in [0, 0.05) is 11.1 Å². The second-order valence-electron chi connectivity index (χ2n) is 4.14. The predicted molar refractivity (Wildman–Crippen MR) is 67.5 cm³/mol. The van der Waals surface area contributed by atoms with Crippen molar-refractivity contribution >= 4 is 6.29 Å². The minimum atomic E-state index is -2.72. The Morgan fingerprint density at radius 1 is 1.15 bits per heavy atom. The Bertz CT molecular complexity index is 612. The van der Waals surface area contributed by atoms with Crippen LogP contribution in [-0.4, -0.2) is 6.29 Å². The molecule has 0 spiro atoms. The largest absolute Gasteiger partial charge is 0.486 e. The molecule has 0 saturated carbocycles. The molecule has 0 aliphatic rings. The second-order valence-corrected chi connectivity index (χ2v) is 4.14. The summed E-state index contributed by atoms with van der Waals surface area (Å²) in [6.45, 7) is 0.0482. The topological polar surface area (TPSA) is 26.3 Å². The van der Waals surface area contributed by atoms with Gasteiger partial charge in [-0.1, -0.05) is 18.2 Å². The number of benzene rings is 2. The van der Waals surface area contributed by atoms with Gasteiger partial charge in [-0.05, 0) is 29.8 Å². The van der Waals surface area contributed by atoms with E-state index >= 15 is 0 Å². The maximum Gasteiger partial charge on any atom is 0.263 e. The minimum Gasteiger partial charge on any atom is -0.486 e. The zero-order valence-electron chi connectivity index (χ0n) is 10.4. The molecule has 2 nitrogen and oxygen atoms in total. The summed E-state index contributed by atoms with van der Waals surface area (Å²) >= 11 is 0. The van der Waals surface area contributed by atoms with Crippen molar-refractivity contribution in [3.8, 4) is 5.75 Å². The SMILES string of the molecule is O=Cc1cccc(COc2ccc(C(F)F)cc2F)c1. The van der Waals surface area contributed by atoms with Gasteiger partial charge in [-0.25, -0.2) is 13.2 Å². The highest BCUT2D eigenvalue weighted by atomic mass is 19.3. The van der Waals surface area contributed by atoms with E-state index in [4.69, 9.17) is 4.74 Å². The molecule has 20 heavy (non-hydrogen) atoms. The van der Waals surface area contributed by atoms with Crippen molar-refractivity contribution in [2.24, 2.45) is 0 Å². The van der Waals surface area contributed by atoms with Gasteiger partial charge in [-0.2, -0.15) is 0 Å². The first-order valence-corrected chi connectivity index (χ1v) is 5.84. The van der Waals surface area contributed by atoms with Crippen molar-refractivity contribution < 1.29 is 22.7 Å². The fourth-order valence-electron chi connectivity index (χ4n) is 1.69. The van der Waals surface area contributed by atoms with Gasteiger partial charge in [0.05, 0.1) is 0 Å². The Labute approximate surface area is 113 Å². The number of aldehydes is 1. The Balaban J connectivity index is 2.08. The van der Waals surface area contributed by atoms with Gasteiger partial charge < -0.3 is 4.74 Å². The number of carbonyl (C=O) groups excluding carboxylic acids is 1. The number of hydrogen-bond donors (Lipinski definition) is 0. The van der Waals surface area contributed by atoms with E-state index in [9.17, 15) is 18.0 Å². The van der Waals surface area contributed by atoms with Gasteiger partial charge in [0.15, 0.2) is 11.6 Å². The third kappa shape index (κ3) is 3.38. The highest BCUT2D eigenvalue weighted by Gasteiger charge is 2.11. The lowest BCUT2D eigenvalue weighted by atomic mass is 10.1. The molecule has 0 amide bonds. The van der Waals surface area contributed by atoms with Crippen LogP contribution in [0.3, 0.4) is 0 Å². The summed E-state index contributed by atoms with van der Waals surface area (Å²) in [6.07, 6.45) is -2.02. The molecule has 0 radical (unpaired) electrons. The highest BCUT2D eigenvalue weighted by molar-refractivity contribution is 5.74. The standard InChI is InChI=1S/C15H11F3O2/c16-13-7-12(15(17)18)4-5-14(13)20-9-11-3-1-2-10(6-11)8-19/h1-8,15H,9H2. The van der Waals surface area contributed by atoms with Crippen LogP contribution in [-0.2, 0) is 6.61 Å². The third-order valence-corrected chi connectivity index (χ3v) is 2.69. The number of alkyl halides is 2. The van der Waals surface area contributed by atoms with Gasteiger partial charge in [0.1, 0.15) is 12.9 Å². The van der Waals surface area contributed by atoms with E-state index < -0.39 is 17.8 Å². The number of carbonyl (C=O) groups is 1. The van der Waals surface area contributed by atoms with Gasteiger partial charge in [-0.15, -0.1) is 0 Å². The monoisotopic (exact) mass is 280 g/mol. The fourth-order valence-corrected chi connectivity index (χ4v) is 1.69. The van der Waals surface area contributed by atoms with E-state index in [1.54, 1.807) is 24.3 Å². The molecule has 0 aromatic heterocycles. The first kappa shape index (κ1) is 14.1. The van der Waals surface area contributed by atoms with Crippen LogP contribution in [0.4, 0.5) is 13.2 Å². The first-order valence-electron chi connectivity index (χ1n) is 5.84. The number of rotatable bonds is 5. The number of hydrogen-bond acceptors (Lipinski definition) is 2. The third-order valence-electron chi connectivity index (χ3n) is 2.69. The van der Waals surface area contributed by atoms with Gasteiger partial charge in [-0.3, -0.25) is 4.79 Å². The van der Waals surface area contributed by atoms with Gasteiger partial charge in [0.2, 0.25) is 0 Å². The lowest BCUT2D eigenvalue weighted by Crippen LogP contribution is -1.99. The van der Waals surface area contributed by atoms with Crippen molar-refractivity contribution in [1.82, 2.24) is 0 Å². The second kappa shape index (κ2) is 6.23. The summed E-state index contributed by atoms with van der Waals surface area (Å²) in [5.74, 6) is -0.944. The summed E-state index contributed by atoms with van der Waals surface area (Å²) in [5, 5.41) is 0. The Kier molecular flexibility index (Phi) is 4.40. The average Bonchev–Trinajstić information content (AvgIpc) is 2.46. The Hall–Kier alpha value is -2.30. The smallest absolute Gasteiger partial charge is 0.263 e. The van der Waals surface area contributed by atoms with Crippen molar-refractivity contribution in [1.29, 1.82) is 0 Å². The zero-order chi connectivity index (χ0) is 14.5. The molecule has 104 valence electrons. The van der Waals surface area contributed by atoms with E-state index in [2.05, 4.69) is 0 Å². The summed E-state index contributed by atoms with van der Waals surface area (Å²) in [6, 6.07) is 9.68. The molecular weight excluding hydrogens is 269 g/mol. The lowest BCUT2D eigenvalue weighted by Gasteiger charge is -2.09. The van der Waals surface area contributed by atoms with E-state index in [1.807, 2.05) is 0 Å². The van der Waals surface area contributed by atoms with E-state index in [0.29, 0.717) is 17.4 Å². The maximum atomic E-state index is 13.5. The van der Waals surface area contributed by atoms with Crippen molar-refractivity contribution in [3.05, 3.63) is 65.0 Å². The molecule has 0 saturated heterocycles. The fraction of sp³-hybridized carbons (Fsp3) is 0.133. The van der Waals surface area contributed by atoms with Crippen LogP contribution in [0.5, 0.6) is 5.75 Å². The quantitative estimate of drug-likeness (QED) is 0.769. The van der Waals surface area contributed by atoms with Crippen LogP contribution in [0.15, 0.2) is 42.5 Å². The van der Waals surface area contributed by atoms with E-state index in [-0.39, 0.29) is 12.4 Å². The van der Waals surface area contributed by atoms with Crippen LogP contribution < -0.4 is 4.74 Å². The average molecular weight is 280 g/mol. The van der Waals surface area contributed by atoms with Gasteiger partial charge >= 0.3 is 0 Å². The van der Waals surface area contributed by atoms with Crippen LogP contribution in [0.2, 0.25) is 0 Å². The molecule has 5 heteroatoms. The summed E-state index contributed by atoms with van der Waals surface area (Å²) in [4.78, 5) is 10.6. The normalized spacial score (nSPS) is 10.6. The van der Waals surface area contributed by atoms with E-state index in [0.717, 1.165) is 12.1 Å². The van der Waals surface area contributed by atoms with Crippen LogP contribution in [0, 0.1) is 5.82 Å². The van der Waals surface area contributed by atoms with Crippen molar-refractivity contribution in [3.63, 3.8) is 0 Å². The molecule has 2 aromatic rings. The number of halogens is 3. The van der Waals surface area contributed by atoms with Crippen molar-refractivity contribution in [2.75, 3.05) is 0 Å². The Morgan fingerprint density at radius 3 is 2.60 bits per heavy atom. The van der Waals surface area contributed by atoms with Gasteiger partial charge in [0.25, 0.3) is 6.43 Å².